The van der Waals surface area contributed by atoms with Gasteiger partial charge in [-0.15, -0.1) is 0 Å². The minimum absolute atomic E-state index is 0.0132. The minimum Gasteiger partial charge on any atom is -0.494 e. The molecule has 1 aliphatic rings. The van der Waals surface area contributed by atoms with Gasteiger partial charge in [-0.1, -0.05) is 0 Å². The van der Waals surface area contributed by atoms with Crippen molar-refractivity contribution >= 4 is 18.4 Å². The summed E-state index contributed by atoms with van der Waals surface area (Å²) in [7, 11) is 0. The first-order valence-electron chi connectivity index (χ1n) is 8.70. The lowest BCUT2D eigenvalue weighted by molar-refractivity contribution is 0.0377. The molecule has 1 aliphatic heterocycles. The van der Waals surface area contributed by atoms with Crippen LogP contribution in [0.2, 0.25) is 0 Å². The van der Waals surface area contributed by atoms with Gasteiger partial charge in [-0.2, -0.15) is 0 Å². The molecule has 0 amide bonds. The van der Waals surface area contributed by atoms with Gasteiger partial charge in [-0.05, 0) is 42.9 Å². The zero-order chi connectivity index (χ0) is 19.2. The van der Waals surface area contributed by atoms with Gasteiger partial charge in [-0.25, -0.2) is 4.39 Å². The first kappa shape index (κ1) is 19.4. The van der Waals surface area contributed by atoms with Gasteiger partial charge in [0, 0.05) is 32.4 Å². The molecule has 7 nitrogen and oxygen atoms in total. The fourth-order valence-corrected chi connectivity index (χ4v) is 3.14. The third-order valence-electron chi connectivity index (χ3n) is 4.29. The summed E-state index contributed by atoms with van der Waals surface area (Å²) in [6.07, 6.45) is 2.19. The van der Waals surface area contributed by atoms with E-state index in [0.717, 1.165) is 39.3 Å². The number of aromatic nitrogens is 2. The number of nitrogens with zero attached hydrogens (tertiary/aromatic N) is 3. The Morgan fingerprint density at radius 2 is 2.00 bits per heavy atom. The number of hydrogen-bond acceptors (Lipinski definition) is 6. The van der Waals surface area contributed by atoms with E-state index in [-0.39, 0.29) is 16.2 Å². The Labute approximate surface area is 160 Å². The summed E-state index contributed by atoms with van der Waals surface area (Å²) in [5.41, 5.74) is -0.0656. The molecule has 0 radical (unpaired) electrons. The van der Waals surface area contributed by atoms with Crippen LogP contribution in [0.5, 0.6) is 5.88 Å². The third kappa shape index (κ3) is 4.88. The standard InChI is InChI=1S/C18H21FN4O3S/c19-13-2-4-14(5-3-13)23-17(25)15(16(24)21-18(23)27)12-20-6-1-7-22-8-10-26-11-9-22/h2-5,12,25H,1,6-11H2,(H,21,24,27). The van der Waals surface area contributed by atoms with Crippen molar-refractivity contribution in [1.82, 2.24) is 14.5 Å². The Hall–Kier alpha value is -2.36. The van der Waals surface area contributed by atoms with E-state index in [0.29, 0.717) is 12.2 Å². The van der Waals surface area contributed by atoms with Gasteiger partial charge >= 0.3 is 0 Å². The monoisotopic (exact) mass is 392 g/mol. The van der Waals surface area contributed by atoms with Gasteiger partial charge in [-0.3, -0.25) is 24.2 Å². The molecule has 0 saturated carbocycles. The normalized spacial score (nSPS) is 15.4. The molecule has 2 heterocycles. The molecule has 1 aromatic carbocycles. The van der Waals surface area contributed by atoms with Crippen LogP contribution in [0.1, 0.15) is 12.0 Å². The summed E-state index contributed by atoms with van der Waals surface area (Å²) in [5.74, 6) is -0.733. The number of hydrogen-bond donors (Lipinski definition) is 2. The van der Waals surface area contributed by atoms with Crippen molar-refractivity contribution in [3.63, 3.8) is 0 Å². The lowest BCUT2D eigenvalue weighted by atomic mass is 10.3. The van der Waals surface area contributed by atoms with Crippen LogP contribution >= 0.6 is 12.2 Å². The van der Waals surface area contributed by atoms with Gasteiger partial charge in [0.2, 0.25) is 5.88 Å². The van der Waals surface area contributed by atoms with Gasteiger partial charge in [0.1, 0.15) is 11.4 Å². The Balaban J connectivity index is 1.73. The number of rotatable bonds is 6. The van der Waals surface area contributed by atoms with E-state index >= 15 is 0 Å². The van der Waals surface area contributed by atoms with Crippen LogP contribution in [0, 0.1) is 10.6 Å². The second-order valence-electron chi connectivity index (χ2n) is 6.15. The first-order chi connectivity index (χ1) is 13.1. The maximum atomic E-state index is 13.1. The van der Waals surface area contributed by atoms with Crippen LogP contribution in [0.15, 0.2) is 34.1 Å². The highest BCUT2D eigenvalue weighted by molar-refractivity contribution is 7.71. The topological polar surface area (TPSA) is 82.8 Å². The molecular weight excluding hydrogens is 371 g/mol. The third-order valence-corrected chi connectivity index (χ3v) is 4.58. The number of ether oxygens (including phenoxy) is 1. The SMILES string of the molecule is O=c1[nH]c(=S)n(-c2ccc(F)cc2)c(O)c1C=NCCCN1CCOCC1. The molecule has 9 heteroatoms. The van der Waals surface area contributed by atoms with Crippen molar-refractivity contribution in [2.24, 2.45) is 4.99 Å². The van der Waals surface area contributed by atoms with Crippen LogP contribution in [0.25, 0.3) is 5.69 Å². The molecule has 2 N–H and O–H groups in total. The Kier molecular flexibility index (Phi) is 6.49. The molecule has 3 rings (SSSR count). The Morgan fingerprint density at radius 3 is 2.70 bits per heavy atom. The van der Waals surface area contributed by atoms with Crippen molar-refractivity contribution in [2.75, 3.05) is 39.4 Å². The Bertz CT molecular complexity index is 918. The zero-order valence-corrected chi connectivity index (χ0v) is 15.5. The van der Waals surface area contributed by atoms with Gasteiger partial charge in [0.25, 0.3) is 5.56 Å². The summed E-state index contributed by atoms with van der Waals surface area (Å²) in [6, 6.07) is 5.43. The van der Waals surface area contributed by atoms with E-state index in [2.05, 4.69) is 14.9 Å². The van der Waals surface area contributed by atoms with Crippen molar-refractivity contribution in [2.45, 2.75) is 6.42 Å². The fourth-order valence-electron chi connectivity index (χ4n) is 2.85. The molecule has 2 aromatic rings. The molecule has 0 unspecified atom stereocenters. The largest absolute Gasteiger partial charge is 0.494 e. The van der Waals surface area contributed by atoms with Crippen LogP contribution < -0.4 is 5.56 Å². The number of aliphatic imine (C=N–C) groups is 1. The number of nitrogens with one attached hydrogen (secondary N) is 1. The number of aromatic amines is 1. The summed E-state index contributed by atoms with van der Waals surface area (Å²) in [5, 5.41) is 10.5. The minimum atomic E-state index is -0.521. The first-order valence-corrected chi connectivity index (χ1v) is 9.11. The fraction of sp³-hybridized carbons (Fsp3) is 0.389. The summed E-state index contributed by atoms with van der Waals surface area (Å²) < 4.78 is 19.7. The average molecular weight is 392 g/mol. The van der Waals surface area contributed by atoms with Gasteiger partial charge in [0.05, 0.1) is 18.9 Å². The number of morpholine rings is 1. The summed E-state index contributed by atoms with van der Waals surface area (Å²) in [6.45, 7) is 4.78. The van der Waals surface area contributed by atoms with Crippen LogP contribution in [-0.4, -0.2) is 65.2 Å². The van der Waals surface area contributed by atoms with Crippen molar-refractivity contribution in [1.29, 1.82) is 0 Å². The molecule has 0 aliphatic carbocycles. The predicted octanol–water partition coefficient (Wildman–Crippen LogP) is 1.88. The van der Waals surface area contributed by atoms with Gasteiger partial charge in [0.15, 0.2) is 4.77 Å². The smallest absolute Gasteiger partial charge is 0.264 e. The maximum Gasteiger partial charge on any atom is 0.264 e. The number of benzene rings is 1. The molecule has 144 valence electrons. The molecule has 1 saturated heterocycles. The molecule has 0 bridgehead atoms. The number of halogens is 1. The van der Waals surface area contributed by atoms with E-state index in [9.17, 15) is 14.3 Å². The highest BCUT2D eigenvalue weighted by Gasteiger charge is 2.13. The molecule has 1 fully saturated rings. The molecule has 27 heavy (non-hydrogen) atoms. The van der Waals surface area contributed by atoms with E-state index < -0.39 is 11.4 Å². The second kappa shape index (κ2) is 9.03. The molecule has 0 atom stereocenters. The van der Waals surface area contributed by atoms with Crippen molar-refractivity contribution in [3.05, 3.63) is 50.8 Å². The van der Waals surface area contributed by atoms with Crippen molar-refractivity contribution in [3.8, 4) is 11.6 Å². The van der Waals surface area contributed by atoms with E-state index in [1.807, 2.05) is 0 Å². The average Bonchev–Trinajstić information content (AvgIpc) is 2.66. The van der Waals surface area contributed by atoms with E-state index in [4.69, 9.17) is 17.0 Å². The summed E-state index contributed by atoms with van der Waals surface area (Å²) >= 11 is 5.12. The van der Waals surface area contributed by atoms with Crippen LogP contribution in [0.3, 0.4) is 0 Å². The highest BCUT2D eigenvalue weighted by Crippen LogP contribution is 2.18. The zero-order valence-electron chi connectivity index (χ0n) is 14.7. The quantitative estimate of drug-likeness (QED) is 0.446. The van der Waals surface area contributed by atoms with Crippen LogP contribution in [-0.2, 0) is 4.74 Å². The lowest BCUT2D eigenvalue weighted by Gasteiger charge is -2.26. The lowest BCUT2D eigenvalue weighted by Crippen LogP contribution is -2.37. The Morgan fingerprint density at radius 1 is 1.30 bits per heavy atom. The van der Waals surface area contributed by atoms with E-state index in [1.165, 1.54) is 35.0 Å². The van der Waals surface area contributed by atoms with Gasteiger partial charge < -0.3 is 9.84 Å². The summed E-state index contributed by atoms with van der Waals surface area (Å²) in [4.78, 5) is 21.2. The molecule has 0 spiro atoms. The number of aromatic hydroxyl groups is 1. The maximum absolute atomic E-state index is 13.1. The predicted molar refractivity (Wildman–Crippen MR) is 103 cm³/mol. The molecular formula is C18H21FN4O3S. The van der Waals surface area contributed by atoms with E-state index in [1.54, 1.807) is 0 Å². The number of H-pyrrole nitrogens is 1. The molecule has 1 aromatic heterocycles. The highest BCUT2D eigenvalue weighted by atomic mass is 32.1. The van der Waals surface area contributed by atoms with Crippen molar-refractivity contribution < 1.29 is 14.2 Å². The second-order valence-corrected chi connectivity index (χ2v) is 6.54. The van der Waals surface area contributed by atoms with Crippen LogP contribution in [0.4, 0.5) is 4.39 Å².